The fourth-order valence-electron chi connectivity index (χ4n) is 3.56. The maximum Gasteiger partial charge on any atom is 0.274 e. The topological polar surface area (TPSA) is 71.7 Å². The number of aromatic nitrogens is 2. The Balaban J connectivity index is 1.46. The van der Waals surface area contributed by atoms with Gasteiger partial charge >= 0.3 is 0 Å². The highest BCUT2D eigenvalue weighted by Gasteiger charge is 2.42. The van der Waals surface area contributed by atoms with Crippen molar-refractivity contribution >= 4 is 5.91 Å². The minimum atomic E-state index is -0.0840. The van der Waals surface area contributed by atoms with E-state index < -0.39 is 0 Å². The number of aryl methyl sites for hydroxylation is 2. The second-order valence-corrected chi connectivity index (χ2v) is 6.71. The molecule has 0 N–H and O–H groups in total. The van der Waals surface area contributed by atoms with Gasteiger partial charge in [0.1, 0.15) is 17.2 Å². The van der Waals surface area contributed by atoms with E-state index in [2.05, 4.69) is 14.9 Å². The summed E-state index contributed by atoms with van der Waals surface area (Å²) in [4.78, 5) is 25.2. The average Bonchev–Trinajstić information content (AvgIpc) is 3.22. The van der Waals surface area contributed by atoms with Crippen LogP contribution in [0, 0.1) is 13.8 Å². The van der Waals surface area contributed by atoms with Crippen LogP contribution in [0.4, 0.5) is 0 Å². The molecule has 1 amide bonds. The van der Waals surface area contributed by atoms with Crippen molar-refractivity contribution in [1.82, 2.24) is 19.8 Å². The summed E-state index contributed by atoms with van der Waals surface area (Å²) < 4.78 is 11.6. The summed E-state index contributed by atoms with van der Waals surface area (Å²) in [6.07, 6.45) is 3.20. The zero-order chi connectivity index (χ0) is 17.4. The molecule has 7 nitrogen and oxygen atoms in total. The lowest BCUT2D eigenvalue weighted by molar-refractivity contribution is -0.0522. The molecular formula is C18H22N4O3. The highest BCUT2D eigenvalue weighted by Crippen LogP contribution is 2.25. The van der Waals surface area contributed by atoms with Crippen molar-refractivity contribution in [2.24, 2.45) is 0 Å². The van der Waals surface area contributed by atoms with E-state index in [4.69, 9.17) is 9.15 Å². The van der Waals surface area contributed by atoms with E-state index >= 15 is 0 Å². The maximum atomic E-state index is 12.7. The van der Waals surface area contributed by atoms with Gasteiger partial charge in [0.15, 0.2) is 0 Å². The van der Waals surface area contributed by atoms with Crippen molar-refractivity contribution in [3.8, 4) is 0 Å². The van der Waals surface area contributed by atoms with Gasteiger partial charge in [-0.05, 0) is 26.0 Å². The van der Waals surface area contributed by atoms with Gasteiger partial charge in [0.05, 0.1) is 37.2 Å². The van der Waals surface area contributed by atoms with Crippen LogP contribution in [0.5, 0.6) is 0 Å². The van der Waals surface area contributed by atoms with Gasteiger partial charge in [-0.1, -0.05) is 0 Å². The van der Waals surface area contributed by atoms with Gasteiger partial charge in [0, 0.05) is 25.8 Å². The van der Waals surface area contributed by atoms with Crippen molar-refractivity contribution in [2.75, 3.05) is 26.2 Å². The molecule has 2 aliphatic rings. The molecule has 0 radical (unpaired) electrons. The summed E-state index contributed by atoms with van der Waals surface area (Å²) in [6.45, 7) is 7.29. The Kier molecular flexibility index (Phi) is 4.27. The van der Waals surface area contributed by atoms with Crippen LogP contribution in [0.2, 0.25) is 0 Å². The van der Waals surface area contributed by atoms with Crippen LogP contribution in [0.3, 0.4) is 0 Å². The summed E-state index contributed by atoms with van der Waals surface area (Å²) in [5, 5.41) is 0. The van der Waals surface area contributed by atoms with E-state index in [0.29, 0.717) is 25.4 Å². The zero-order valence-electron chi connectivity index (χ0n) is 14.5. The molecular weight excluding hydrogens is 320 g/mol. The Bertz CT molecular complexity index is 758. The highest BCUT2D eigenvalue weighted by molar-refractivity contribution is 5.92. The monoisotopic (exact) mass is 342 g/mol. The molecule has 4 heterocycles. The van der Waals surface area contributed by atoms with Gasteiger partial charge in [-0.2, -0.15) is 0 Å². The Hall–Kier alpha value is -2.25. The number of hydrogen-bond donors (Lipinski definition) is 0. The number of rotatable bonds is 3. The van der Waals surface area contributed by atoms with Crippen LogP contribution in [0.15, 0.2) is 28.9 Å². The van der Waals surface area contributed by atoms with Crippen molar-refractivity contribution in [3.05, 3.63) is 47.4 Å². The van der Waals surface area contributed by atoms with Crippen LogP contribution in [0.25, 0.3) is 0 Å². The van der Waals surface area contributed by atoms with Crippen LogP contribution >= 0.6 is 0 Å². The average molecular weight is 342 g/mol. The van der Waals surface area contributed by atoms with Crippen molar-refractivity contribution in [3.63, 3.8) is 0 Å². The van der Waals surface area contributed by atoms with Gasteiger partial charge in [0.2, 0.25) is 0 Å². The molecule has 25 heavy (non-hydrogen) atoms. The number of likely N-dealkylation sites (tertiary alicyclic amines) is 1. The number of furan rings is 1. The Morgan fingerprint density at radius 2 is 2.12 bits per heavy atom. The minimum absolute atomic E-state index is 0.0344. The molecule has 7 heteroatoms. The number of carbonyl (C=O) groups excluding carboxylic acids is 1. The first-order valence-electron chi connectivity index (χ1n) is 8.59. The van der Waals surface area contributed by atoms with Crippen LogP contribution in [0.1, 0.15) is 27.7 Å². The second-order valence-electron chi connectivity index (χ2n) is 6.71. The molecule has 0 spiro atoms. The van der Waals surface area contributed by atoms with Crippen molar-refractivity contribution in [2.45, 2.75) is 32.5 Å². The third-order valence-electron chi connectivity index (χ3n) is 4.86. The molecule has 2 aromatic heterocycles. The summed E-state index contributed by atoms with van der Waals surface area (Å²) in [5.41, 5.74) is 1.19. The molecule has 0 unspecified atom stereocenters. The molecule has 4 rings (SSSR count). The van der Waals surface area contributed by atoms with Gasteiger partial charge < -0.3 is 14.1 Å². The maximum absolute atomic E-state index is 12.7. The molecule has 132 valence electrons. The molecule has 0 aromatic carbocycles. The van der Waals surface area contributed by atoms with Gasteiger partial charge in [-0.3, -0.25) is 14.7 Å². The van der Waals surface area contributed by atoms with Crippen LogP contribution in [-0.4, -0.2) is 64.1 Å². The van der Waals surface area contributed by atoms with Gasteiger partial charge in [-0.25, -0.2) is 4.98 Å². The fourth-order valence-corrected chi connectivity index (χ4v) is 3.56. The SMILES string of the molecule is Cc1cnc(C(=O)N2C[C@@H]3OCCN(Cc4ccc(C)o4)[C@@H]3C2)cn1. The number of amides is 1. The van der Waals surface area contributed by atoms with E-state index in [1.54, 1.807) is 12.4 Å². The summed E-state index contributed by atoms with van der Waals surface area (Å²) in [6, 6.07) is 4.18. The number of fused-ring (bicyclic) bond motifs is 1. The lowest BCUT2D eigenvalue weighted by atomic mass is 10.1. The minimum Gasteiger partial charge on any atom is -0.465 e. The predicted octanol–water partition coefficient (Wildman–Crippen LogP) is 1.41. The third-order valence-corrected chi connectivity index (χ3v) is 4.86. The molecule has 2 saturated heterocycles. The summed E-state index contributed by atoms with van der Waals surface area (Å²) >= 11 is 0. The van der Waals surface area contributed by atoms with E-state index in [9.17, 15) is 4.79 Å². The number of hydrogen-bond acceptors (Lipinski definition) is 6. The molecule has 0 bridgehead atoms. The first-order valence-corrected chi connectivity index (χ1v) is 8.59. The standard InChI is InChI=1S/C18H22N4O3/c1-12-7-20-15(8-19-12)18(23)22-10-16-17(11-22)24-6-5-21(16)9-14-4-3-13(2)25-14/h3-4,7-8,16-17H,5-6,9-11H2,1-2H3/t16-,17+/m1/s1. The number of carbonyl (C=O) groups is 1. The first kappa shape index (κ1) is 16.2. The Labute approximate surface area is 146 Å². The summed E-state index contributed by atoms with van der Waals surface area (Å²) in [5.74, 6) is 1.78. The van der Waals surface area contributed by atoms with Gasteiger partial charge in [-0.15, -0.1) is 0 Å². The molecule has 0 aliphatic carbocycles. The molecule has 2 aromatic rings. The van der Waals surface area contributed by atoms with E-state index in [0.717, 1.165) is 30.3 Å². The van der Waals surface area contributed by atoms with E-state index in [1.165, 1.54) is 0 Å². The lowest BCUT2D eigenvalue weighted by Gasteiger charge is -2.36. The predicted molar refractivity (Wildman–Crippen MR) is 90.1 cm³/mol. The lowest BCUT2D eigenvalue weighted by Crippen LogP contribution is -2.50. The van der Waals surface area contributed by atoms with E-state index in [1.807, 2.05) is 30.9 Å². The zero-order valence-corrected chi connectivity index (χ0v) is 14.5. The van der Waals surface area contributed by atoms with Gasteiger partial charge in [0.25, 0.3) is 5.91 Å². The number of nitrogens with zero attached hydrogens (tertiary/aromatic N) is 4. The molecule has 2 atom stereocenters. The smallest absolute Gasteiger partial charge is 0.274 e. The Morgan fingerprint density at radius 3 is 2.84 bits per heavy atom. The fraction of sp³-hybridized carbons (Fsp3) is 0.500. The van der Waals surface area contributed by atoms with Crippen LogP contribution < -0.4 is 0 Å². The second kappa shape index (κ2) is 6.57. The summed E-state index contributed by atoms with van der Waals surface area (Å²) in [7, 11) is 0. The molecule has 2 fully saturated rings. The normalized spacial score (nSPS) is 23.7. The van der Waals surface area contributed by atoms with E-state index in [-0.39, 0.29) is 18.1 Å². The van der Waals surface area contributed by atoms with Crippen LogP contribution in [-0.2, 0) is 11.3 Å². The molecule has 0 saturated carbocycles. The molecule has 2 aliphatic heterocycles. The quantitative estimate of drug-likeness (QED) is 0.840. The number of morpholine rings is 1. The highest BCUT2D eigenvalue weighted by atomic mass is 16.5. The van der Waals surface area contributed by atoms with Crippen molar-refractivity contribution in [1.29, 1.82) is 0 Å². The van der Waals surface area contributed by atoms with Crippen molar-refractivity contribution < 1.29 is 13.9 Å². The largest absolute Gasteiger partial charge is 0.465 e. The first-order chi connectivity index (χ1) is 12.1. The third kappa shape index (κ3) is 3.29. The Morgan fingerprint density at radius 1 is 1.24 bits per heavy atom. The number of ether oxygens (including phenoxy) is 1.